The summed E-state index contributed by atoms with van der Waals surface area (Å²) in [6, 6.07) is 4.72. The number of aryl methyl sites for hydroxylation is 1. The van der Waals surface area contributed by atoms with Crippen molar-refractivity contribution in [3.05, 3.63) is 35.1 Å². The highest BCUT2D eigenvalue weighted by Gasteiger charge is 2.40. The molecule has 1 aromatic rings. The topological polar surface area (TPSA) is 49.8 Å². The Kier molecular flexibility index (Phi) is 4.45. The molecule has 5 heteroatoms. The molecule has 1 amide bonds. The summed E-state index contributed by atoms with van der Waals surface area (Å²) in [5, 5.41) is 10.1. The molecule has 2 fully saturated rings. The number of halogens is 1. The Balaban J connectivity index is 1.87. The van der Waals surface area contributed by atoms with Crippen molar-refractivity contribution >= 4 is 5.91 Å². The van der Waals surface area contributed by atoms with Crippen molar-refractivity contribution in [2.45, 2.75) is 38.3 Å². The van der Waals surface area contributed by atoms with Crippen molar-refractivity contribution in [1.29, 1.82) is 0 Å². The smallest absolute Gasteiger partial charge is 0.257 e. The number of aliphatic hydroxyl groups is 1. The molecule has 1 aliphatic heterocycles. The molecular formula is C17H22FNO3. The van der Waals surface area contributed by atoms with Gasteiger partial charge in [-0.15, -0.1) is 0 Å². The van der Waals surface area contributed by atoms with E-state index in [4.69, 9.17) is 4.74 Å². The molecule has 1 saturated heterocycles. The van der Waals surface area contributed by atoms with Crippen LogP contribution >= 0.6 is 0 Å². The number of benzene rings is 1. The predicted molar refractivity (Wildman–Crippen MR) is 80.1 cm³/mol. The molecular weight excluding hydrogens is 285 g/mol. The maximum atomic E-state index is 14.3. The molecule has 3 unspecified atom stereocenters. The molecule has 120 valence electrons. The van der Waals surface area contributed by atoms with Gasteiger partial charge in [0.25, 0.3) is 5.91 Å². The van der Waals surface area contributed by atoms with E-state index in [9.17, 15) is 14.3 Å². The van der Waals surface area contributed by atoms with E-state index >= 15 is 0 Å². The molecule has 4 nitrogen and oxygen atoms in total. The third-order valence-electron chi connectivity index (χ3n) is 4.87. The molecule has 0 spiro atoms. The molecule has 0 bridgehead atoms. The van der Waals surface area contributed by atoms with Gasteiger partial charge in [-0.2, -0.15) is 0 Å². The average molecular weight is 307 g/mol. The molecule has 1 aliphatic carbocycles. The van der Waals surface area contributed by atoms with Gasteiger partial charge in [0, 0.05) is 12.5 Å². The number of nitrogens with zero attached hydrogens (tertiary/aromatic N) is 1. The van der Waals surface area contributed by atoms with Crippen molar-refractivity contribution in [2.24, 2.45) is 5.92 Å². The van der Waals surface area contributed by atoms with Crippen LogP contribution < -0.4 is 0 Å². The maximum absolute atomic E-state index is 14.3. The summed E-state index contributed by atoms with van der Waals surface area (Å²) >= 11 is 0. The first kappa shape index (κ1) is 15.4. The zero-order valence-electron chi connectivity index (χ0n) is 12.8. The average Bonchev–Trinajstić information content (AvgIpc) is 2.95. The van der Waals surface area contributed by atoms with Gasteiger partial charge in [0.05, 0.1) is 30.9 Å². The van der Waals surface area contributed by atoms with E-state index in [1.807, 2.05) is 0 Å². The minimum Gasteiger partial charge on any atom is -0.393 e. The number of amides is 1. The van der Waals surface area contributed by atoms with Crippen LogP contribution in [0.4, 0.5) is 4.39 Å². The first-order valence-corrected chi connectivity index (χ1v) is 7.91. The van der Waals surface area contributed by atoms with Crippen molar-refractivity contribution in [3.63, 3.8) is 0 Å². The van der Waals surface area contributed by atoms with E-state index in [1.54, 1.807) is 24.0 Å². The van der Waals surface area contributed by atoms with Gasteiger partial charge in [-0.1, -0.05) is 18.6 Å². The van der Waals surface area contributed by atoms with Gasteiger partial charge in [-0.05, 0) is 31.4 Å². The molecule has 1 N–H and O–H groups in total. The van der Waals surface area contributed by atoms with Crippen molar-refractivity contribution in [3.8, 4) is 0 Å². The lowest BCUT2D eigenvalue weighted by Gasteiger charge is -2.40. The lowest BCUT2D eigenvalue weighted by atomic mass is 9.93. The fraction of sp³-hybridized carbons (Fsp3) is 0.588. The van der Waals surface area contributed by atoms with Crippen LogP contribution in [-0.4, -0.2) is 47.8 Å². The molecule has 1 aromatic carbocycles. The van der Waals surface area contributed by atoms with E-state index in [-0.39, 0.29) is 23.4 Å². The second-order valence-corrected chi connectivity index (χ2v) is 6.24. The summed E-state index contributed by atoms with van der Waals surface area (Å²) in [6.07, 6.45) is 2.21. The SMILES string of the molecule is Cc1cccc(C(=O)N2CCOCC2C2CCCC2O)c1F. The van der Waals surface area contributed by atoms with Gasteiger partial charge in [-0.3, -0.25) is 4.79 Å². The first-order chi connectivity index (χ1) is 10.6. The Morgan fingerprint density at radius 3 is 2.95 bits per heavy atom. The van der Waals surface area contributed by atoms with Crippen LogP contribution in [0.25, 0.3) is 0 Å². The molecule has 3 rings (SSSR count). The number of carbonyl (C=O) groups is 1. The summed E-state index contributed by atoms with van der Waals surface area (Å²) in [6.45, 7) is 2.98. The minimum absolute atomic E-state index is 0.0251. The van der Waals surface area contributed by atoms with Crippen LogP contribution in [0, 0.1) is 18.7 Å². The van der Waals surface area contributed by atoms with Crippen molar-refractivity contribution < 1.29 is 19.0 Å². The lowest BCUT2D eigenvalue weighted by molar-refractivity contribution is -0.0385. The van der Waals surface area contributed by atoms with Crippen LogP contribution in [0.5, 0.6) is 0 Å². The molecule has 22 heavy (non-hydrogen) atoms. The fourth-order valence-corrected chi connectivity index (χ4v) is 3.61. The zero-order chi connectivity index (χ0) is 15.7. The zero-order valence-corrected chi connectivity index (χ0v) is 12.8. The largest absolute Gasteiger partial charge is 0.393 e. The minimum atomic E-state index is -0.454. The number of morpholine rings is 1. The monoisotopic (exact) mass is 307 g/mol. The Morgan fingerprint density at radius 2 is 2.23 bits per heavy atom. The lowest BCUT2D eigenvalue weighted by Crippen LogP contribution is -2.53. The van der Waals surface area contributed by atoms with Gasteiger partial charge in [0.1, 0.15) is 5.82 Å². The van der Waals surface area contributed by atoms with Crippen molar-refractivity contribution in [2.75, 3.05) is 19.8 Å². The number of rotatable bonds is 2. The van der Waals surface area contributed by atoms with Crippen molar-refractivity contribution in [1.82, 2.24) is 4.90 Å². The highest BCUT2D eigenvalue weighted by molar-refractivity contribution is 5.95. The summed E-state index contributed by atoms with van der Waals surface area (Å²) in [5.41, 5.74) is 0.580. The Labute approximate surface area is 129 Å². The van der Waals surface area contributed by atoms with E-state index < -0.39 is 11.9 Å². The molecule has 1 heterocycles. The van der Waals surface area contributed by atoms with Crippen LogP contribution in [0.2, 0.25) is 0 Å². The van der Waals surface area contributed by atoms with Gasteiger partial charge in [0.2, 0.25) is 0 Å². The fourth-order valence-electron chi connectivity index (χ4n) is 3.61. The number of ether oxygens (including phenoxy) is 1. The summed E-state index contributed by atoms with van der Waals surface area (Å²) < 4.78 is 19.8. The first-order valence-electron chi connectivity index (χ1n) is 7.91. The standard InChI is InChI=1S/C17H22FNO3/c1-11-4-2-6-13(16(11)18)17(21)19-8-9-22-10-14(19)12-5-3-7-15(12)20/h2,4,6,12,14-15,20H,3,5,7-10H2,1H3. The second-order valence-electron chi connectivity index (χ2n) is 6.24. The third kappa shape index (κ3) is 2.75. The van der Waals surface area contributed by atoms with Gasteiger partial charge >= 0.3 is 0 Å². The van der Waals surface area contributed by atoms with Gasteiger partial charge in [0.15, 0.2) is 0 Å². The quantitative estimate of drug-likeness (QED) is 0.910. The molecule has 0 radical (unpaired) electrons. The Hall–Kier alpha value is -1.46. The molecule has 0 aromatic heterocycles. The van der Waals surface area contributed by atoms with E-state index in [2.05, 4.69) is 0 Å². The number of hydrogen-bond acceptors (Lipinski definition) is 3. The maximum Gasteiger partial charge on any atom is 0.257 e. The second kappa shape index (κ2) is 6.34. The van der Waals surface area contributed by atoms with Crippen LogP contribution in [0.1, 0.15) is 35.2 Å². The van der Waals surface area contributed by atoms with E-state index in [0.29, 0.717) is 25.3 Å². The van der Waals surface area contributed by atoms with Gasteiger partial charge < -0.3 is 14.7 Å². The number of carbonyl (C=O) groups excluding carboxylic acids is 1. The Bertz CT molecular complexity index is 563. The number of hydrogen-bond donors (Lipinski definition) is 1. The number of aliphatic hydroxyl groups excluding tert-OH is 1. The highest BCUT2D eigenvalue weighted by atomic mass is 19.1. The normalized spacial score (nSPS) is 28.9. The summed E-state index contributed by atoms with van der Waals surface area (Å²) in [4.78, 5) is 14.5. The van der Waals surface area contributed by atoms with Gasteiger partial charge in [-0.25, -0.2) is 4.39 Å². The summed E-state index contributed by atoms with van der Waals surface area (Å²) in [7, 11) is 0. The third-order valence-corrected chi connectivity index (χ3v) is 4.87. The predicted octanol–water partition coefficient (Wildman–Crippen LogP) is 2.14. The van der Waals surface area contributed by atoms with E-state index in [1.165, 1.54) is 6.07 Å². The van der Waals surface area contributed by atoms with Crippen LogP contribution in [-0.2, 0) is 4.74 Å². The highest BCUT2D eigenvalue weighted by Crippen LogP contribution is 2.33. The molecule has 1 saturated carbocycles. The van der Waals surface area contributed by atoms with Crippen LogP contribution in [0.15, 0.2) is 18.2 Å². The molecule has 3 atom stereocenters. The molecule has 2 aliphatic rings. The Morgan fingerprint density at radius 1 is 1.41 bits per heavy atom. The van der Waals surface area contributed by atoms with E-state index in [0.717, 1.165) is 19.3 Å². The van der Waals surface area contributed by atoms with Crippen LogP contribution in [0.3, 0.4) is 0 Å². The summed E-state index contributed by atoms with van der Waals surface area (Å²) in [5.74, 6) is -0.726.